The number of aryl methyl sites for hydroxylation is 1. The first kappa shape index (κ1) is 28.9. The number of halogens is 6. The van der Waals surface area contributed by atoms with E-state index in [-0.39, 0.29) is 17.2 Å². The van der Waals surface area contributed by atoms with Crippen LogP contribution >= 0.6 is 0 Å². The summed E-state index contributed by atoms with van der Waals surface area (Å²) in [5, 5.41) is 5.05. The van der Waals surface area contributed by atoms with Crippen molar-refractivity contribution in [3.8, 4) is 5.75 Å². The number of allylic oxidation sites excluding steroid dienone is 3. The highest BCUT2D eigenvalue weighted by Crippen LogP contribution is 2.31. The monoisotopic (exact) mass is 550 g/mol. The van der Waals surface area contributed by atoms with Crippen LogP contribution in [0.4, 0.5) is 38.0 Å². The number of nitrogens with one attached hydrogen (secondary N) is 2. The molecule has 3 rings (SSSR count). The molecule has 0 amide bonds. The van der Waals surface area contributed by atoms with Crippen molar-refractivity contribution < 1.29 is 31.1 Å². The molecular weight excluding hydrogens is 526 g/mol. The molecule has 4 N–H and O–H groups in total. The Morgan fingerprint density at radius 1 is 1.10 bits per heavy atom. The number of nitrogens with two attached hydrogens (primary N) is 1. The predicted octanol–water partition coefficient (Wildman–Crippen LogP) is 6.67. The molecule has 206 valence electrons. The lowest BCUT2D eigenvalue weighted by atomic mass is 10.2. The number of aliphatic imine (C=N–C) groups is 1. The lowest BCUT2D eigenvalue weighted by Gasteiger charge is -2.16. The van der Waals surface area contributed by atoms with Gasteiger partial charge in [0.05, 0.1) is 28.0 Å². The first-order valence-corrected chi connectivity index (χ1v) is 11.2. The van der Waals surface area contributed by atoms with Crippen LogP contribution in [0.3, 0.4) is 0 Å². The summed E-state index contributed by atoms with van der Waals surface area (Å²) in [5.41, 5.74) is 4.48. The highest BCUT2D eigenvalue weighted by molar-refractivity contribution is 5.81. The van der Waals surface area contributed by atoms with Gasteiger partial charge in [-0.05, 0) is 56.1 Å². The molecule has 3 aromatic rings. The number of hydrogen-bond donors (Lipinski definition) is 3. The van der Waals surface area contributed by atoms with Gasteiger partial charge in [-0.1, -0.05) is 6.58 Å². The van der Waals surface area contributed by atoms with Gasteiger partial charge in [-0.2, -0.15) is 26.3 Å². The maximum Gasteiger partial charge on any atom is 0.432 e. The quantitative estimate of drug-likeness (QED) is 0.120. The molecule has 1 aromatic heterocycles. The van der Waals surface area contributed by atoms with Crippen molar-refractivity contribution in [3.63, 3.8) is 0 Å². The number of alkyl halides is 6. The highest BCUT2D eigenvalue weighted by atomic mass is 19.4. The van der Waals surface area contributed by atoms with E-state index in [2.05, 4.69) is 33.9 Å². The maximum atomic E-state index is 13.0. The second-order valence-corrected chi connectivity index (χ2v) is 8.01. The van der Waals surface area contributed by atoms with Gasteiger partial charge in [0.25, 0.3) is 0 Å². The molecule has 39 heavy (non-hydrogen) atoms. The number of hydrogen-bond acceptors (Lipinski definition) is 6. The molecule has 0 aliphatic carbocycles. The molecule has 7 nitrogen and oxygen atoms in total. The number of nitrogens with zero attached hydrogens (tertiary/aromatic N) is 3. The molecule has 0 saturated carbocycles. The van der Waals surface area contributed by atoms with E-state index in [1.54, 1.807) is 42.8 Å². The van der Waals surface area contributed by atoms with Gasteiger partial charge in [0.2, 0.25) is 5.95 Å². The lowest BCUT2D eigenvalue weighted by molar-refractivity contribution is -0.137. The van der Waals surface area contributed by atoms with Crippen molar-refractivity contribution >= 4 is 29.4 Å². The molecule has 0 aliphatic heterocycles. The summed E-state index contributed by atoms with van der Waals surface area (Å²) >= 11 is 0. The zero-order valence-electron chi connectivity index (χ0n) is 20.8. The minimum Gasteiger partial charge on any atom is -0.458 e. The molecule has 0 radical (unpaired) electrons. The number of ether oxygens (including phenoxy) is 1. The van der Waals surface area contributed by atoms with Gasteiger partial charge < -0.3 is 25.7 Å². The van der Waals surface area contributed by atoms with E-state index >= 15 is 0 Å². The number of fused-ring (bicyclic) bond motifs is 1. The number of rotatable bonds is 9. The topological polar surface area (TPSA) is 89.5 Å². The summed E-state index contributed by atoms with van der Waals surface area (Å²) in [5.74, 6) is 0.955. The molecule has 0 atom stereocenters. The molecule has 0 spiro atoms. The van der Waals surface area contributed by atoms with Gasteiger partial charge in [0, 0.05) is 31.1 Å². The smallest absolute Gasteiger partial charge is 0.432 e. The Balaban J connectivity index is 1.80. The summed E-state index contributed by atoms with van der Waals surface area (Å²) in [6, 6.07) is 9.54. The van der Waals surface area contributed by atoms with E-state index in [0.29, 0.717) is 34.6 Å². The van der Waals surface area contributed by atoms with Crippen LogP contribution in [-0.2, 0) is 13.2 Å². The third-order valence-corrected chi connectivity index (χ3v) is 5.36. The van der Waals surface area contributed by atoms with Gasteiger partial charge in [0.15, 0.2) is 0 Å². The van der Waals surface area contributed by atoms with Crippen LogP contribution in [0.5, 0.6) is 5.75 Å². The minimum atomic E-state index is -4.72. The summed E-state index contributed by atoms with van der Waals surface area (Å²) in [6.45, 7) is 8.57. The summed E-state index contributed by atoms with van der Waals surface area (Å²) < 4.78 is 85.0. The second-order valence-electron chi connectivity index (χ2n) is 8.01. The van der Waals surface area contributed by atoms with E-state index in [0.717, 1.165) is 12.1 Å². The van der Waals surface area contributed by atoms with Crippen LogP contribution in [0.2, 0.25) is 0 Å². The first-order chi connectivity index (χ1) is 18.3. The van der Waals surface area contributed by atoms with Crippen LogP contribution < -0.4 is 21.1 Å². The molecule has 0 aliphatic rings. The molecule has 2 aromatic carbocycles. The van der Waals surface area contributed by atoms with Crippen molar-refractivity contribution in [2.45, 2.75) is 19.3 Å². The standard InChI is InChI=1S/C26H24F6N6O/c1-5-18(12-20(34-3)15(2)35-23(14-33)26(30,31)32)39-19-10-11-22-21(13-19)37-24(38(22)4)36-17-8-6-16(7-9-17)25(27,28)29/h5-14,35H,2-3,33H2,1,4H3,(H,36,37)/b18-5+,20-12-,23-14-. The molecule has 0 saturated heterocycles. The third kappa shape index (κ3) is 7.00. The van der Waals surface area contributed by atoms with Crippen LogP contribution in [0.25, 0.3) is 11.0 Å². The lowest BCUT2D eigenvalue weighted by Crippen LogP contribution is -2.27. The molecular formula is C26H24F6N6O. The first-order valence-electron chi connectivity index (χ1n) is 11.2. The number of aromatic nitrogens is 2. The van der Waals surface area contributed by atoms with Crippen LogP contribution in [0, 0.1) is 0 Å². The fourth-order valence-electron chi connectivity index (χ4n) is 3.33. The average Bonchev–Trinajstić information content (AvgIpc) is 3.17. The molecule has 0 fully saturated rings. The van der Waals surface area contributed by atoms with Gasteiger partial charge in [-0.25, -0.2) is 4.98 Å². The summed E-state index contributed by atoms with van der Waals surface area (Å²) in [6.07, 6.45) is -5.88. The molecule has 1 heterocycles. The zero-order chi connectivity index (χ0) is 29.0. The maximum absolute atomic E-state index is 13.0. The third-order valence-electron chi connectivity index (χ3n) is 5.36. The number of imidazole rings is 1. The zero-order valence-corrected chi connectivity index (χ0v) is 20.8. The Hall–Kier alpha value is -4.68. The van der Waals surface area contributed by atoms with Crippen molar-refractivity contribution in [2.75, 3.05) is 5.32 Å². The Bertz CT molecular complexity index is 1460. The van der Waals surface area contributed by atoms with E-state index in [9.17, 15) is 26.3 Å². The predicted molar refractivity (Wildman–Crippen MR) is 138 cm³/mol. The Morgan fingerprint density at radius 3 is 2.31 bits per heavy atom. The van der Waals surface area contributed by atoms with Gasteiger partial charge in [0.1, 0.15) is 17.2 Å². The average molecular weight is 551 g/mol. The van der Waals surface area contributed by atoms with Crippen LogP contribution in [0.15, 0.2) is 95.2 Å². The molecule has 0 bridgehead atoms. The van der Waals surface area contributed by atoms with Crippen molar-refractivity contribution in [1.29, 1.82) is 0 Å². The molecule has 0 unspecified atom stereocenters. The number of anilines is 2. The van der Waals surface area contributed by atoms with Crippen molar-refractivity contribution in [2.24, 2.45) is 17.8 Å². The van der Waals surface area contributed by atoms with Gasteiger partial charge >= 0.3 is 12.4 Å². The largest absolute Gasteiger partial charge is 0.458 e. The minimum absolute atomic E-state index is 0.0198. The summed E-state index contributed by atoms with van der Waals surface area (Å²) in [4.78, 5) is 8.20. The second kappa shape index (κ2) is 11.4. The summed E-state index contributed by atoms with van der Waals surface area (Å²) in [7, 11) is 1.73. The van der Waals surface area contributed by atoms with Gasteiger partial charge in [-0.3, -0.25) is 4.99 Å². The van der Waals surface area contributed by atoms with Gasteiger partial charge in [-0.15, -0.1) is 0 Å². The fraction of sp³-hybridized carbons (Fsp3) is 0.154. The van der Waals surface area contributed by atoms with Crippen molar-refractivity contribution in [1.82, 2.24) is 14.9 Å². The number of benzene rings is 2. The van der Waals surface area contributed by atoms with Crippen LogP contribution in [-0.4, -0.2) is 22.4 Å². The highest BCUT2D eigenvalue weighted by Gasteiger charge is 2.34. The SMILES string of the molecule is C=N/C(=C\C(=C/C)Oc1ccc2c(c1)nc(Nc1ccc(C(F)(F)F)cc1)n2C)C(=C)N/C(=C\N)C(F)(F)F. The van der Waals surface area contributed by atoms with E-state index < -0.39 is 23.6 Å². The van der Waals surface area contributed by atoms with Crippen molar-refractivity contribution in [3.05, 3.63) is 95.8 Å². The molecule has 13 heteroatoms. The Labute approximate surface area is 219 Å². The Kier molecular flexibility index (Phi) is 8.42. The van der Waals surface area contributed by atoms with E-state index in [1.807, 2.05) is 0 Å². The Morgan fingerprint density at radius 2 is 1.77 bits per heavy atom. The van der Waals surface area contributed by atoms with E-state index in [4.69, 9.17) is 10.5 Å². The normalized spacial score (nSPS) is 13.4. The van der Waals surface area contributed by atoms with E-state index in [1.165, 1.54) is 18.2 Å². The van der Waals surface area contributed by atoms with Crippen LogP contribution in [0.1, 0.15) is 12.5 Å². The fourth-order valence-corrected chi connectivity index (χ4v) is 3.33.